The minimum atomic E-state index is 0.173. The van der Waals surface area contributed by atoms with Gasteiger partial charge in [-0.3, -0.25) is 4.79 Å². The molecule has 4 heteroatoms. The van der Waals surface area contributed by atoms with Crippen LogP contribution in [0.15, 0.2) is 18.7 Å². The summed E-state index contributed by atoms with van der Waals surface area (Å²) in [5, 5.41) is 3.03. The average molecular weight is 207 g/mol. The maximum Gasteiger partial charge on any atom is 0.223 e. The lowest BCUT2D eigenvalue weighted by molar-refractivity contribution is -0.128. The van der Waals surface area contributed by atoms with Crippen LogP contribution in [0, 0.1) is 5.92 Å². The molecule has 0 aromatic carbocycles. The molecule has 1 aliphatic carbocycles. The number of nitrogens with one attached hydrogen (secondary N) is 1. The molecule has 0 bridgehead atoms. The smallest absolute Gasteiger partial charge is 0.223 e. The van der Waals surface area contributed by atoms with Gasteiger partial charge in [0.2, 0.25) is 5.91 Å². The van der Waals surface area contributed by atoms with Gasteiger partial charge in [0, 0.05) is 30.9 Å². The number of hydrogen-bond acceptors (Lipinski definition) is 2. The summed E-state index contributed by atoms with van der Waals surface area (Å²) in [6, 6.07) is 0.173. The van der Waals surface area contributed by atoms with Crippen molar-refractivity contribution in [3.05, 3.63) is 18.7 Å². The predicted octanol–water partition coefficient (Wildman–Crippen LogP) is 1.19. The van der Waals surface area contributed by atoms with E-state index in [1.165, 1.54) is 6.42 Å². The van der Waals surface area contributed by atoms with Crippen molar-refractivity contribution < 1.29 is 4.79 Å². The summed E-state index contributed by atoms with van der Waals surface area (Å²) < 4.78 is 1.98. The zero-order valence-electron chi connectivity index (χ0n) is 9.02. The molecule has 1 heterocycles. The van der Waals surface area contributed by atoms with E-state index in [1.54, 1.807) is 12.5 Å². The molecule has 1 aromatic heterocycles. The van der Waals surface area contributed by atoms with Crippen molar-refractivity contribution in [1.82, 2.24) is 14.9 Å². The number of aromatic nitrogens is 2. The Morgan fingerprint density at radius 1 is 1.67 bits per heavy atom. The fraction of sp³-hybridized carbons (Fsp3) is 0.636. The Kier molecular flexibility index (Phi) is 3.04. The highest BCUT2D eigenvalue weighted by molar-refractivity contribution is 5.79. The number of nitrogens with zero attached hydrogens (tertiary/aromatic N) is 2. The molecule has 1 fully saturated rings. The first kappa shape index (κ1) is 10.2. The molecule has 1 aromatic rings. The minimum absolute atomic E-state index is 0.173. The Balaban J connectivity index is 1.76. The molecule has 1 saturated carbocycles. The van der Waals surface area contributed by atoms with E-state index in [2.05, 4.69) is 10.3 Å². The minimum Gasteiger partial charge on any atom is -0.352 e. The first-order valence-corrected chi connectivity index (χ1v) is 5.52. The molecule has 1 atom stereocenters. The molecule has 1 N–H and O–H groups in total. The number of imidazole rings is 1. The second-order valence-electron chi connectivity index (χ2n) is 4.30. The SMILES string of the molecule is C[C@H](Cn1ccnc1)NC(=O)C1CCC1. The van der Waals surface area contributed by atoms with E-state index in [0.717, 1.165) is 19.4 Å². The van der Waals surface area contributed by atoms with Crippen molar-refractivity contribution in [3.8, 4) is 0 Å². The lowest BCUT2D eigenvalue weighted by Gasteiger charge is -2.26. The standard InChI is InChI=1S/C11H17N3O/c1-9(7-14-6-5-12-8-14)13-11(15)10-3-2-4-10/h5-6,8-10H,2-4,7H2,1H3,(H,13,15)/t9-/m1/s1. The summed E-state index contributed by atoms with van der Waals surface area (Å²) in [6.07, 6.45) is 8.75. The molecular weight excluding hydrogens is 190 g/mol. The van der Waals surface area contributed by atoms with E-state index in [4.69, 9.17) is 0 Å². The first-order chi connectivity index (χ1) is 7.25. The van der Waals surface area contributed by atoms with Crippen LogP contribution in [0.25, 0.3) is 0 Å². The zero-order chi connectivity index (χ0) is 10.7. The van der Waals surface area contributed by atoms with E-state index < -0.39 is 0 Å². The van der Waals surface area contributed by atoms with Crippen LogP contribution in [0.3, 0.4) is 0 Å². The van der Waals surface area contributed by atoms with Crippen LogP contribution in [-0.4, -0.2) is 21.5 Å². The topological polar surface area (TPSA) is 46.9 Å². The summed E-state index contributed by atoms with van der Waals surface area (Å²) in [6.45, 7) is 2.81. The third-order valence-electron chi connectivity index (χ3n) is 2.91. The van der Waals surface area contributed by atoms with Crippen LogP contribution < -0.4 is 5.32 Å². The van der Waals surface area contributed by atoms with Gasteiger partial charge in [-0.25, -0.2) is 4.98 Å². The first-order valence-electron chi connectivity index (χ1n) is 5.52. The summed E-state index contributed by atoms with van der Waals surface area (Å²) in [4.78, 5) is 15.6. The van der Waals surface area contributed by atoms with Crippen LogP contribution in [0.1, 0.15) is 26.2 Å². The van der Waals surface area contributed by atoms with Gasteiger partial charge in [0.25, 0.3) is 0 Å². The van der Waals surface area contributed by atoms with Gasteiger partial charge in [-0.1, -0.05) is 6.42 Å². The highest BCUT2D eigenvalue weighted by Crippen LogP contribution is 2.26. The Bertz CT molecular complexity index is 317. The maximum atomic E-state index is 11.6. The van der Waals surface area contributed by atoms with E-state index >= 15 is 0 Å². The normalized spacial score (nSPS) is 18.2. The van der Waals surface area contributed by atoms with Crippen LogP contribution in [0.5, 0.6) is 0 Å². The van der Waals surface area contributed by atoms with E-state index in [-0.39, 0.29) is 17.9 Å². The molecule has 4 nitrogen and oxygen atoms in total. The number of rotatable bonds is 4. The van der Waals surface area contributed by atoms with Gasteiger partial charge in [-0.2, -0.15) is 0 Å². The largest absolute Gasteiger partial charge is 0.352 e. The second kappa shape index (κ2) is 4.47. The van der Waals surface area contributed by atoms with E-state index in [0.29, 0.717) is 0 Å². The Morgan fingerprint density at radius 2 is 2.47 bits per heavy atom. The molecule has 0 radical (unpaired) electrons. The summed E-state index contributed by atoms with van der Waals surface area (Å²) in [5.41, 5.74) is 0. The average Bonchev–Trinajstić information content (AvgIpc) is 2.52. The van der Waals surface area contributed by atoms with Crippen LogP contribution in [0.2, 0.25) is 0 Å². The third kappa shape index (κ3) is 2.58. The zero-order valence-corrected chi connectivity index (χ0v) is 9.02. The molecule has 0 unspecified atom stereocenters. The van der Waals surface area contributed by atoms with Crippen molar-refractivity contribution in [2.45, 2.75) is 38.8 Å². The van der Waals surface area contributed by atoms with Gasteiger partial charge in [-0.15, -0.1) is 0 Å². The van der Waals surface area contributed by atoms with Crippen molar-refractivity contribution in [1.29, 1.82) is 0 Å². The molecule has 0 spiro atoms. The molecule has 0 saturated heterocycles. The quantitative estimate of drug-likeness (QED) is 0.806. The highest BCUT2D eigenvalue weighted by Gasteiger charge is 2.25. The van der Waals surface area contributed by atoms with Crippen LogP contribution in [-0.2, 0) is 11.3 Å². The van der Waals surface area contributed by atoms with Crippen molar-refractivity contribution in [2.24, 2.45) is 5.92 Å². The third-order valence-corrected chi connectivity index (χ3v) is 2.91. The predicted molar refractivity (Wildman–Crippen MR) is 57.2 cm³/mol. The van der Waals surface area contributed by atoms with Gasteiger partial charge in [-0.05, 0) is 19.8 Å². The summed E-state index contributed by atoms with van der Waals surface area (Å²) in [5.74, 6) is 0.490. The molecule has 1 aliphatic rings. The van der Waals surface area contributed by atoms with Crippen LogP contribution in [0.4, 0.5) is 0 Å². The number of amides is 1. The number of hydrogen-bond donors (Lipinski definition) is 1. The Hall–Kier alpha value is -1.32. The molecule has 2 rings (SSSR count). The van der Waals surface area contributed by atoms with Crippen LogP contribution >= 0.6 is 0 Å². The molecular formula is C11H17N3O. The monoisotopic (exact) mass is 207 g/mol. The molecule has 82 valence electrons. The van der Waals surface area contributed by atoms with E-state index in [9.17, 15) is 4.79 Å². The van der Waals surface area contributed by atoms with Crippen molar-refractivity contribution >= 4 is 5.91 Å². The Labute approximate surface area is 89.7 Å². The van der Waals surface area contributed by atoms with Gasteiger partial charge in [0.15, 0.2) is 0 Å². The summed E-state index contributed by atoms with van der Waals surface area (Å²) >= 11 is 0. The highest BCUT2D eigenvalue weighted by atomic mass is 16.2. The molecule has 1 amide bonds. The Morgan fingerprint density at radius 3 is 3.00 bits per heavy atom. The van der Waals surface area contributed by atoms with Crippen molar-refractivity contribution in [3.63, 3.8) is 0 Å². The van der Waals surface area contributed by atoms with E-state index in [1.807, 2.05) is 17.7 Å². The van der Waals surface area contributed by atoms with Gasteiger partial charge in [0.05, 0.1) is 6.33 Å². The van der Waals surface area contributed by atoms with Gasteiger partial charge in [0.1, 0.15) is 0 Å². The van der Waals surface area contributed by atoms with Crippen molar-refractivity contribution in [2.75, 3.05) is 0 Å². The maximum absolute atomic E-state index is 11.6. The second-order valence-corrected chi connectivity index (χ2v) is 4.30. The number of carbonyl (C=O) groups excluding carboxylic acids is 1. The van der Waals surface area contributed by atoms with Gasteiger partial charge >= 0.3 is 0 Å². The fourth-order valence-electron chi connectivity index (χ4n) is 1.79. The molecule has 0 aliphatic heterocycles. The lowest BCUT2D eigenvalue weighted by Crippen LogP contribution is -2.41. The molecule has 15 heavy (non-hydrogen) atoms. The number of carbonyl (C=O) groups is 1. The summed E-state index contributed by atoms with van der Waals surface area (Å²) in [7, 11) is 0. The lowest BCUT2D eigenvalue weighted by atomic mass is 9.84. The fourth-order valence-corrected chi connectivity index (χ4v) is 1.79. The van der Waals surface area contributed by atoms with Gasteiger partial charge < -0.3 is 9.88 Å².